The summed E-state index contributed by atoms with van der Waals surface area (Å²) in [5.74, 6) is 0.811. The number of hydrogen-bond donors (Lipinski definition) is 1. The Bertz CT molecular complexity index is 484. The predicted molar refractivity (Wildman–Crippen MR) is 85.7 cm³/mol. The first-order valence-electron chi connectivity index (χ1n) is 8.22. The van der Waals surface area contributed by atoms with Crippen LogP contribution in [0, 0.1) is 0 Å². The van der Waals surface area contributed by atoms with Gasteiger partial charge in [-0.2, -0.15) is 0 Å². The summed E-state index contributed by atoms with van der Waals surface area (Å²) in [6.07, 6.45) is 6.04. The van der Waals surface area contributed by atoms with E-state index >= 15 is 0 Å². The molecule has 0 aromatic heterocycles. The molecule has 0 fully saturated rings. The van der Waals surface area contributed by atoms with Gasteiger partial charge in [0.15, 0.2) is 6.10 Å². The number of ether oxygens (including phenoxy) is 1. The van der Waals surface area contributed by atoms with Crippen LogP contribution in [0.3, 0.4) is 0 Å². The van der Waals surface area contributed by atoms with Gasteiger partial charge in [0.2, 0.25) is 0 Å². The molecule has 0 heterocycles. The van der Waals surface area contributed by atoms with E-state index in [9.17, 15) is 4.79 Å². The lowest BCUT2D eigenvalue weighted by molar-refractivity contribution is -0.128. The fraction of sp³-hybridized carbons (Fsp3) is 0.611. The van der Waals surface area contributed by atoms with E-state index in [0.717, 1.165) is 18.6 Å². The third kappa shape index (κ3) is 4.23. The lowest BCUT2D eigenvalue weighted by Gasteiger charge is -2.21. The van der Waals surface area contributed by atoms with E-state index in [0.29, 0.717) is 6.42 Å². The molecule has 0 saturated carbocycles. The molecule has 1 aliphatic carbocycles. The summed E-state index contributed by atoms with van der Waals surface area (Å²) in [7, 11) is 0. The zero-order valence-corrected chi connectivity index (χ0v) is 13.4. The van der Waals surface area contributed by atoms with Crippen LogP contribution in [0.1, 0.15) is 57.6 Å². The van der Waals surface area contributed by atoms with E-state index in [1.165, 1.54) is 30.4 Å². The fourth-order valence-electron chi connectivity index (χ4n) is 2.71. The van der Waals surface area contributed by atoms with Crippen molar-refractivity contribution in [2.24, 2.45) is 0 Å². The first kappa shape index (κ1) is 15.9. The normalized spacial score (nSPS) is 16.7. The van der Waals surface area contributed by atoms with Crippen molar-refractivity contribution in [1.29, 1.82) is 0 Å². The molecule has 0 spiro atoms. The molecule has 1 aliphatic rings. The van der Waals surface area contributed by atoms with Crippen molar-refractivity contribution in [2.75, 3.05) is 0 Å². The van der Waals surface area contributed by atoms with Gasteiger partial charge in [-0.3, -0.25) is 4.79 Å². The third-order valence-electron chi connectivity index (χ3n) is 4.26. The van der Waals surface area contributed by atoms with E-state index in [1.807, 2.05) is 19.9 Å². The summed E-state index contributed by atoms with van der Waals surface area (Å²) in [4.78, 5) is 12.2. The number of carbonyl (C=O) groups is 1. The Balaban J connectivity index is 2.02. The molecule has 0 radical (unpaired) electrons. The fourth-order valence-corrected chi connectivity index (χ4v) is 2.71. The topological polar surface area (TPSA) is 38.3 Å². The average molecular weight is 289 g/mol. The Morgan fingerprint density at radius 1 is 1.19 bits per heavy atom. The van der Waals surface area contributed by atoms with Gasteiger partial charge in [-0.25, -0.2) is 0 Å². The number of fused-ring (bicyclic) bond motifs is 1. The van der Waals surface area contributed by atoms with Crippen LogP contribution in [0.15, 0.2) is 18.2 Å². The van der Waals surface area contributed by atoms with Crippen LogP contribution >= 0.6 is 0 Å². The second-order valence-electron chi connectivity index (χ2n) is 5.97. The molecule has 2 rings (SSSR count). The SMILES string of the molecule is CC[C@H](C)NC(=O)[C@@H](CC)Oc1ccc2c(c1)CCCC2. The maximum absolute atomic E-state index is 12.2. The number of benzene rings is 1. The smallest absolute Gasteiger partial charge is 0.261 e. The number of nitrogens with one attached hydrogen (secondary N) is 1. The maximum atomic E-state index is 12.2. The Morgan fingerprint density at radius 2 is 1.90 bits per heavy atom. The van der Waals surface area contributed by atoms with Gasteiger partial charge in [-0.15, -0.1) is 0 Å². The van der Waals surface area contributed by atoms with Crippen molar-refractivity contribution >= 4 is 5.91 Å². The molecule has 0 unspecified atom stereocenters. The van der Waals surface area contributed by atoms with Crippen LogP contribution in [0.5, 0.6) is 5.75 Å². The summed E-state index contributed by atoms with van der Waals surface area (Å²) in [6, 6.07) is 6.47. The average Bonchev–Trinajstić information content (AvgIpc) is 2.52. The lowest BCUT2D eigenvalue weighted by Crippen LogP contribution is -2.42. The largest absolute Gasteiger partial charge is 0.481 e. The summed E-state index contributed by atoms with van der Waals surface area (Å²) >= 11 is 0. The molecule has 0 aliphatic heterocycles. The van der Waals surface area contributed by atoms with Crippen molar-refractivity contribution in [3.05, 3.63) is 29.3 Å². The molecule has 1 N–H and O–H groups in total. The Morgan fingerprint density at radius 3 is 2.57 bits per heavy atom. The summed E-state index contributed by atoms with van der Waals surface area (Å²) in [5.41, 5.74) is 2.82. The van der Waals surface area contributed by atoms with Gasteiger partial charge in [0.05, 0.1) is 0 Å². The molecule has 2 atom stereocenters. The number of amides is 1. The molecule has 1 aromatic carbocycles. The monoisotopic (exact) mass is 289 g/mol. The minimum atomic E-state index is -0.402. The minimum absolute atomic E-state index is 0.00966. The van der Waals surface area contributed by atoms with Gasteiger partial charge in [-0.05, 0) is 68.7 Å². The highest BCUT2D eigenvalue weighted by Gasteiger charge is 2.20. The standard InChI is InChI=1S/C18H27NO2/c1-4-13(3)19-18(20)17(5-2)21-16-11-10-14-8-6-7-9-15(14)12-16/h10-13,17H,4-9H2,1-3H3,(H,19,20)/t13-,17+/m0/s1. The van der Waals surface area contributed by atoms with Crippen molar-refractivity contribution in [1.82, 2.24) is 5.32 Å². The summed E-state index contributed by atoms with van der Waals surface area (Å²) < 4.78 is 5.92. The quantitative estimate of drug-likeness (QED) is 0.868. The summed E-state index contributed by atoms with van der Waals surface area (Å²) in [5, 5.41) is 3.00. The van der Waals surface area contributed by atoms with E-state index in [-0.39, 0.29) is 11.9 Å². The van der Waals surface area contributed by atoms with Crippen molar-refractivity contribution in [3.63, 3.8) is 0 Å². The predicted octanol–water partition coefficient (Wildman–Crippen LogP) is 3.64. The van der Waals surface area contributed by atoms with Gasteiger partial charge in [0.1, 0.15) is 5.75 Å². The van der Waals surface area contributed by atoms with E-state index in [1.54, 1.807) is 0 Å². The maximum Gasteiger partial charge on any atom is 0.261 e. The highest BCUT2D eigenvalue weighted by Crippen LogP contribution is 2.26. The number of hydrogen-bond acceptors (Lipinski definition) is 2. The van der Waals surface area contributed by atoms with Gasteiger partial charge in [0, 0.05) is 6.04 Å². The van der Waals surface area contributed by atoms with Gasteiger partial charge >= 0.3 is 0 Å². The van der Waals surface area contributed by atoms with Crippen LogP contribution in [-0.2, 0) is 17.6 Å². The van der Waals surface area contributed by atoms with E-state index in [4.69, 9.17) is 4.74 Å². The number of aryl methyl sites for hydroxylation is 2. The molecule has 116 valence electrons. The zero-order chi connectivity index (χ0) is 15.2. The molecule has 0 saturated heterocycles. The zero-order valence-electron chi connectivity index (χ0n) is 13.4. The second kappa shape index (κ2) is 7.48. The Hall–Kier alpha value is -1.51. The number of carbonyl (C=O) groups excluding carboxylic acids is 1. The van der Waals surface area contributed by atoms with Crippen molar-refractivity contribution < 1.29 is 9.53 Å². The third-order valence-corrected chi connectivity index (χ3v) is 4.26. The molecule has 3 heteroatoms. The Labute approximate surface area is 128 Å². The van der Waals surface area contributed by atoms with Gasteiger partial charge < -0.3 is 10.1 Å². The van der Waals surface area contributed by atoms with Crippen molar-refractivity contribution in [2.45, 2.75) is 71.4 Å². The van der Waals surface area contributed by atoms with Crippen LogP contribution in [-0.4, -0.2) is 18.1 Å². The van der Waals surface area contributed by atoms with Gasteiger partial charge in [-0.1, -0.05) is 19.9 Å². The van der Waals surface area contributed by atoms with Crippen LogP contribution in [0.25, 0.3) is 0 Å². The van der Waals surface area contributed by atoms with E-state index in [2.05, 4.69) is 24.4 Å². The molecule has 0 bridgehead atoms. The molecule has 21 heavy (non-hydrogen) atoms. The number of rotatable bonds is 6. The first-order chi connectivity index (χ1) is 10.1. The Kier molecular flexibility index (Phi) is 5.66. The van der Waals surface area contributed by atoms with Gasteiger partial charge in [0.25, 0.3) is 5.91 Å². The first-order valence-corrected chi connectivity index (χ1v) is 8.22. The highest BCUT2D eigenvalue weighted by molar-refractivity contribution is 5.81. The highest BCUT2D eigenvalue weighted by atomic mass is 16.5. The summed E-state index contributed by atoms with van der Waals surface area (Å²) in [6.45, 7) is 6.07. The van der Waals surface area contributed by atoms with Crippen LogP contribution in [0.2, 0.25) is 0 Å². The molecule has 1 amide bonds. The second-order valence-corrected chi connectivity index (χ2v) is 5.97. The van der Waals surface area contributed by atoms with E-state index < -0.39 is 6.10 Å². The van der Waals surface area contributed by atoms with Crippen LogP contribution < -0.4 is 10.1 Å². The minimum Gasteiger partial charge on any atom is -0.481 e. The molecule has 1 aromatic rings. The molecular weight excluding hydrogens is 262 g/mol. The van der Waals surface area contributed by atoms with Crippen LogP contribution in [0.4, 0.5) is 0 Å². The lowest BCUT2D eigenvalue weighted by atomic mass is 9.92. The molecular formula is C18H27NO2. The molecule has 3 nitrogen and oxygen atoms in total. The van der Waals surface area contributed by atoms with Crippen molar-refractivity contribution in [3.8, 4) is 5.75 Å².